The fourth-order valence-electron chi connectivity index (χ4n) is 3.55. The van der Waals surface area contributed by atoms with Gasteiger partial charge in [0.15, 0.2) is 11.5 Å². The van der Waals surface area contributed by atoms with Crippen LogP contribution in [0.25, 0.3) is 0 Å². The van der Waals surface area contributed by atoms with Gasteiger partial charge in [0.25, 0.3) is 0 Å². The van der Waals surface area contributed by atoms with Crippen molar-refractivity contribution >= 4 is 0 Å². The second-order valence-corrected chi connectivity index (χ2v) is 7.11. The summed E-state index contributed by atoms with van der Waals surface area (Å²) >= 11 is 0. The summed E-state index contributed by atoms with van der Waals surface area (Å²) in [4.78, 5) is 2.42. The molecule has 142 valence electrons. The standard InChI is InChI=1S/C21H35NO3/c1-4-6-7-8-13-25-20-10-9-17(15-21(20)24-3)14-18-16-22(5-2)12-11-19(18)23/h9-10,15,18-19,23H,4-8,11-14,16H2,1-3H3. The number of nitrogens with zero attached hydrogens (tertiary/aromatic N) is 1. The van der Waals surface area contributed by atoms with Crippen molar-refractivity contribution in [1.82, 2.24) is 4.90 Å². The topological polar surface area (TPSA) is 41.9 Å². The van der Waals surface area contributed by atoms with Crippen LogP contribution in [0.5, 0.6) is 11.5 Å². The highest BCUT2D eigenvalue weighted by molar-refractivity contribution is 5.43. The Labute approximate surface area is 153 Å². The maximum absolute atomic E-state index is 10.3. The van der Waals surface area contributed by atoms with E-state index in [9.17, 15) is 5.11 Å². The summed E-state index contributed by atoms with van der Waals surface area (Å²) in [5.41, 5.74) is 1.21. The van der Waals surface area contributed by atoms with Crippen molar-refractivity contribution < 1.29 is 14.6 Å². The Kier molecular flexibility index (Phi) is 8.56. The Hall–Kier alpha value is -1.26. The maximum Gasteiger partial charge on any atom is 0.161 e. The molecule has 2 rings (SSSR count). The van der Waals surface area contributed by atoms with Crippen LogP contribution in [0.2, 0.25) is 0 Å². The van der Waals surface area contributed by atoms with Gasteiger partial charge in [-0.25, -0.2) is 0 Å². The zero-order valence-corrected chi connectivity index (χ0v) is 16.2. The summed E-state index contributed by atoms with van der Waals surface area (Å²) in [5.74, 6) is 1.91. The first-order valence-electron chi connectivity index (χ1n) is 9.88. The maximum atomic E-state index is 10.3. The lowest BCUT2D eigenvalue weighted by Gasteiger charge is -2.35. The molecule has 0 radical (unpaired) electrons. The molecular formula is C21H35NO3. The van der Waals surface area contributed by atoms with E-state index in [0.717, 1.165) is 57.0 Å². The molecule has 1 aliphatic heterocycles. The van der Waals surface area contributed by atoms with Gasteiger partial charge in [0, 0.05) is 19.0 Å². The SMILES string of the molecule is CCCCCCOc1ccc(CC2CN(CC)CCC2O)cc1OC. The predicted molar refractivity (Wildman–Crippen MR) is 103 cm³/mol. The number of likely N-dealkylation sites (tertiary alicyclic amines) is 1. The minimum absolute atomic E-state index is 0.205. The molecule has 2 atom stereocenters. The van der Waals surface area contributed by atoms with Crippen molar-refractivity contribution in [3.63, 3.8) is 0 Å². The first kappa shape index (κ1) is 20.1. The minimum atomic E-state index is -0.205. The largest absolute Gasteiger partial charge is 0.493 e. The quantitative estimate of drug-likeness (QED) is 0.651. The molecule has 1 fully saturated rings. The van der Waals surface area contributed by atoms with Crippen molar-refractivity contribution in [3.05, 3.63) is 23.8 Å². The molecule has 0 bridgehead atoms. The van der Waals surface area contributed by atoms with Crippen LogP contribution in [0, 0.1) is 5.92 Å². The van der Waals surface area contributed by atoms with E-state index in [1.165, 1.54) is 24.8 Å². The Morgan fingerprint density at radius 2 is 2.00 bits per heavy atom. The fraction of sp³-hybridized carbons (Fsp3) is 0.714. The number of benzene rings is 1. The van der Waals surface area contributed by atoms with Crippen molar-refractivity contribution in [2.45, 2.75) is 58.5 Å². The summed E-state index contributed by atoms with van der Waals surface area (Å²) in [6, 6.07) is 6.20. The molecular weight excluding hydrogens is 314 g/mol. The lowest BCUT2D eigenvalue weighted by atomic mass is 9.88. The van der Waals surface area contributed by atoms with Gasteiger partial charge in [-0.1, -0.05) is 39.2 Å². The van der Waals surface area contributed by atoms with Crippen LogP contribution in [0.1, 0.15) is 51.5 Å². The smallest absolute Gasteiger partial charge is 0.161 e. The zero-order chi connectivity index (χ0) is 18.1. The molecule has 25 heavy (non-hydrogen) atoms. The normalized spacial score (nSPS) is 21.3. The summed E-state index contributed by atoms with van der Waals surface area (Å²) in [6.45, 7) is 8.16. The monoisotopic (exact) mass is 349 g/mol. The van der Waals surface area contributed by atoms with Gasteiger partial charge in [-0.2, -0.15) is 0 Å². The van der Waals surface area contributed by atoms with Crippen LogP contribution in [0.4, 0.5) is 0 Å². The molecule has 1 N–H and O–H groups in total. The molecule has 0 spiro atoms. The van der Waals surface area contributed by atoms with E-state index in [1.807, 2.05) is 6.07 Å². The van der Waals surface area contributed by atoms with E-state index in [4.69, 9.17) is 9.47 Å². The number of rotatable bonds is 10. The number of methoxy groups -OCH3 is 1. The Morgan fingerprint density at radius 3 is 2.72 bits per heavy atom. The summed E-state index contributed by atoms with van der Waals surface area (Å²) in [5, 5.41) is 10.3. The third kappa shape index (κ3) is 6.19. The lowest BCUT2D eigenvalue weighted by Crippen LogP contribution is -2.43. The summed E-state index contributed by atoms with van der Waals surface area (Å²) < 4.78 is 11.4. The lowest BCUT2D eigenvalue weighted by molar-refractivity contribution is 0.0290. The van der Waals surface area contributed by atoms with Crippen LogP contribution in [0.3, 0.4) is 0 Å². The first-order chi connectivity index (χ1) is 12.2. The van der Waals surface area contributed by atoms with Gasteiger partial charge >= 0.3 is 0 Å². The van der Waals surface area contributed by atoms with Crippen LogP contribution in [-0.4, -0.2) is 49.5 Å². The highest BCUT2D eigenvalue weighted by Gasteiger charge is 2.27. The van der Waals surface area contributed by atoms with E-state index < -0.39 is 0 Å². The molecule has 0 saturated carbocycles. The summed E-state index contributed by atoms with van der Waals surface area (Å²) in [7, 11) is 1.69. The molecule has 0 aromatic heterocycles. The van der Waals surface area contributed by atoms with E-state index in [-0.39, 0.29) is 6.10 Å². The van der Waals surface area contributed by atoms with Gasteiger partial charge in [0.1, 0.15) is 0 Å². The number of hydrogen-bond acceptors (Lipinski definition) is 4. The number of hydrogen-bond donors (Lipinski definition) is 1. The average Bonchev–Trinajstić information content (AvgIpc) is 2.64. The minimum Gasteiger partial charge on any atom is -0.493 e. The fourth-order valence-corrected chi connectivity index (χ4v) is 3.55. The van der Waals surface area contributed by atoms with Gasteiger partial charge in [-0.3, -0.25) is 0 Å². The molecule has 4 nitrogen and oxygen atoms in total. The van der Waals surface area contributed by atoms with Crippen LogP contribution >= 0.6 is 0 Å². The molecule has 1 aromatic rings. The van der Waals surface area contributed by atoms with Gasteiger partial charge < -0.3 is 19.5 Å². The molecule has 4 heteroatoms. The van der Waals surface area contributed by atoms with Crippen molar-refractivity contribution in [2.24, 2.45) is 5.92 Å². The number of piperidine rings is 1. The average molecular weight is 350 g/mol. The van der Waals surface area contributed by atoms with Gasteiger partial charge in [0.2, 0.25) is 0 Å². The molecule has 0 aliphatic carbocycles. The first-order valence-corrected chi connectivity index (χ1v) is 9.88. The Morgan fingerprint density at radius 1 is 1.16 bits per heavy atom. The van der Waals surface area contributed by atoms with Crippen molar-refractivity contribution in [1.29, 1.82) is 0 Å². The highest BCUT2D eigenvalue weighted by Crippen LogP contribution is 2.30. The second kappa shape index (κ2) is 10.7. The van der Waals surface area contributed by atoms with E-state index in [0.29, 0.717) is 5.92 Å². The third-order valence-corrected chi connectivity index (χ3v) is 5.21. The van der Waals surface area contributed by atoms with Gasteiger partial charge in [0.05, 0.1) is 19.8 Å². The zero-order valence-electron chi connectivity index (χ0n) is 16.2. The van der Waals surface area contributed by atoms with E-state index in [2.05, 4.69) is 30.9 Å². The van der Waals surface area contributed by atoms with E-state index >= 15 is 0 Å². The summed E-state index contributed by atoms with van der Waals surface area (Å²) in [6.07, 6.45) is 6.34. The molecule has 0 amide bonds. The number of ether oxygens (including phenoxy) is 2. The number of unbranched alkanes of at least 4 members (excludes halogenated alkanes) is 3. The van der Waals surface area contributed by atoms with Crippen LogP contribution in [-0.2, 0) is 6.42 Å². The van der Waals surface area contributed by atoms with Gasteiger partial charge in [-0.15, -0.1) is 0 Å². The van der Waals surface area contributed by atoms with Crippen LogP contribution < -0.4 is 9.47 Å². The highest BCUT2D eigenvalue weighted by atomic mass is 16.5. The van der Waals surface area contributed by atoms with Crippen molar-refractivity contribution in [3.8, 4) is 11.5 Å². The van der Waals surface area contributed by atoms with E-state index in [1.54, 1.807) is 7.11 Å². The molecule has 1 aromatic carbocycles. The molecule has 1 aliphatic rings. The van der Waals surface area contributed by atoms with Gasteiger partial charge in [-0.05, 0) is 43.5 Å². The molecule has 1 saturated heterocycles. The van der Waals surface area contributed by atoms with Crippen LogP contribution in [0.15, 0.2) is 18.2 Å². The number of aliphatic hydroxyl groups excluding tert-OH is 1. The van der Waals surface area contributed by atoms with Crippen molar-refractivity contribution in [2.75, 3.05) is 33.4 Å². The molecule has 2 unspecified atom stereocenters. The Balaban J connectivity index is 1.93. The molecule has 1 heterocycles. The third-order valence-electron chi connectivity index (χ3n) is 5.21. The predicted octanol–water partition coefficient (Wildman–Crippen LogP) is 3.90. The number of aliphatic hydroxyl groups is 1. The Bertz CT molecular complexity index is 506. The second-order valence-electron chi connectivity index (χ2n) is 7.11.